The molecule has 0 amide bonds. The van der Waals surface area contributed by atoms with E-state index in [4.69, 9.17) is 4.99 Å². The zero-order valence-electron chi connectivity index (χ0n) is 13.7. The minimum absolute atomic E-state index is 0. The summed E-state index contributed by atoms with van der Waals surface area (Å²) in [4.78, 5) is 7.35. The smallest absolute Gasteiger partial charge is 0.191 e. The average Bonchev–Trinajstić information content (AvgIpc) is 2.94. The van der Waals surface area contributed by atoms with E-state index < -0.39 is 0 Å². The summed E-state index contributed by atoms with van der Waals surface area (Å²) in [6, 6.07) is 1.38. The summed E-state index contributed by atoms with van der Waals surface area (Å²) in [7, 11) is 0. The predicted octanol–water partition coefficient (Wildman–Crippen LogP) is 2.98. The SMILES string of the molecule is CCNC(=NCCN1CCCCC1C)NC1CCCC1.I. The van der Waals surface area contributed by atoms with Crippen molar-refractivity contribution in [3.63, 3.8) is 0 Å². The maximum absolute atomic E-state index is 4.76. The molecule has 0 aromatic rings. The quantitative estimate of drug-likeness (QED) is 0.418. The van der Waals surface area contributed by atoms with Crippen LogP contribution in [-0.2, 0) is 0 Å². The molecule has 1 saturated heterocycles. The molecule has 0 radical (unpaired) electrons. The lowest BCUT2D eigenvalue weighted by Gasteiger charge is -2.32. The van der Waals surface area contributed by atoms with Crippen LogP contribution in [0.15, 0.2) is 4.99 Å². The highest BCUT2D eigenvalue weighted by molar-refractivity contribution is 14.0. The van der Waals surface area contributed by atoms with Crippen LogP contribution in [0.2, 0.25) is 0 Å². The molecule has 4 nitrogen and oxygen atoms in total. The number of nitrogens with zero attached hydrogens (tertiary/aromatic N) is 2. The van der Waals surface area contributed by atoms with Gasteiger partial charge in [-0.15, -0.1) is 24.0 Å². The van der Waals surface area contributed by atoms with Gasteiger partial charge in [0, 0.05) is 25.2 Å². The van der Waals surface area contributed by atoms with Crippen LogP contribution < -0.4 is 10.6 Å². The average molecular weight is 408 g/mol. The minimum atomic E-state index is 0. The molecular formula is C16H33IN4. The number of hydrogen-bond donors (Lipinski definition) is 2. The molecule has 1 aliphatic carbocycles. The monoisotopic (exact) mass is 408 g/mol. The van der Waals surface area contributed by atoms with Gasteiger partial charge in [-0.2, -0.15) is 0 Å². The molecule has 1 heterocycles. The molecule has 1 aliphatic heterocycles. The van der Waals surface area contributed by atoms with E-state index in [0.717, 1.165) is 31.6 Å². The van der Waals surface area contributed by atoms with Gasteiger partial charge < -0.3 is 10.6 Å². The Morgan fingerprint density at radius 3 is 2.52 bits per heavy atom. The minimum Gasteiger partial charge on any atom is -0.357 e. The standard InChI is InChI=1S/C16H32N4.HI/c1-3-17-16(19-15-9-4-5-10-15)18-11-13-20-12-7-6-8-14(20)2;/h14-15H,3-13H2,1-2H3,(H2,17,18,19);1H. The molecule has 0 aromatic carbocycles. The van der Waals surface area contributed by atoms with E-state index in [9.17, 15) is 0 Å². The Hall–Kier alpha value is -0.0400. The Bertz CT molecular complexity index is 303. The molecule has 2 rings (SSSR count). The predicted molar refractivity (Wildman–Crippen MR) is 102 cm³/mol. The second-order valence-corrected chi connectivity index (χ2v) is 6.27. The van der Waals surface area contributed by atoms with E-state index in [1.807, 2.05) is 0 Å². The summed E-state index contributed by atoms with van der Waals surface area (Å²) >= 11 is 0. The first-order valence-electron chi connectivity index (χ1n) is 8.58. The van der Waals surface area contributed by atoms with E-state index >= 15 is 0 Å². The highest BCUT2D eigenvalue weighted by Gasteiger charge is 2.18. The largest absolute Gasteiger partial charge is 0.357 e. The maximum atomic E-state index is 4.76. The lowest BCUT2D eigenvalue weighted by Crippen LogP contribution is -2.43. The van der Waals surface area contributed by atoms with Crippen molar-refractivity contribution in [2.75, 3.05) is 26.2 Å². The number of hydrogen-bond acceptors (Lipinski definition) is 2. The van der Waals surface area contributed by atoms with Crippen molar-refractivity contribution in [2.24, 2.45) is 4.99 Å². The fraction of sp³-hybridized carbons (Fsp3) is 0.938. The number of aliphatic imine (C=N–C) groups is 1. The van der Waals surface area contributed by atoms with Crippen LogP contribution in [0.5, 0.6) is 0 Å². The van der Waals surface area contributed by atoms with Crippen LogP contribution >= 0.6 is 24.0 Å². The Kier molecular flexibility index (Phi) is 9.64. The second kappa shape index (κ2) is 10.6. The van der Waals surface area contributed by atoms with Crippen molar-refractivity contribution >= 4 is 29.9 Å². The lowest BCUT2D eigenvalue weighted by atomic mass is 10.0. The molecule has 1 atom stereocenters. The molecular weight excluding hydrogens is 375 g/mol. The van der Waals surface area contributed by atoms with Crippen LogP contribution in [0.4, 0.5) is 0 Å². The highest BCUT2D eigenvalue weighted by Crippen LogP contribution is 2.17. The van der Waals surface area contributed by atoms with Crippen molar-refractivity contribution in [1.82, 2.24) is 15.5 Å². The first-order chi connectivity index (χ1) is 9.79. The number of nitrogens with one attached hydrogen (secondary N) is 2. The number of likely N-dealkylation sites (tertiary alicyclic amines) is 1. The van der Waals surface area contributed by atoms with Crippen LogP contribution in [0.25, 0.3) is 0 Å². The Morgan fingerprint density at radius 2 is 1.86 bits per heavy atom. The van der Waals surface area contributed by atoms with Crippen molar-refractivity contribution in [2.45, 2.75) is 70.9 Å². The van der Waals surface area contributed by atoms with Gasteiger partial charge in [0.15, 0.2) is 5.96 Å². The van der Waals surface area contributed by atoms with E-state index in [2.05, 4.69) is 29.4 Å². The Labute approximate surface area is 147 Å². The first-order valence-corrected chi connectivity index (χ1v) is 8.58. The van der Waals surface area contributed by atoms with Gasteiger partial charge >= 0.3 is 0 Å². The van der Waals surface area contributed by atoms with Gasteiger partial charge in [-0.1, -0.05) is 19.3 Å². The van der Waals surface area contributed by atoms with Crippen LogP contribution in [0, 0.1) is 0 Å². The number of halogens is 1. The summed E-state index contributed by atoms with van der Waals surface area (Å²) in [6.45, 7) is 8.69. The van der Waals surface area contributed by atoms with Crippen LogP contribution in [0.1, 0.15) is 58.8 Å². The normalized spacial score (nSPS) is 24.7. The van der Waals surface area contributed by atoms with Crippen molar-refractivity contribution in [3.05, 3.63) is 0 Å². The molecule has 1 unspecified atom stereocenters. The van der Waals surface area contributed by atoms with Gasteiger partial charge in [-0.05, 0) is 46.1 Å². The molecule has 2 N–H and O–H groups in total. The van der Waals surface area contributed by atoms with Crippen molar-refractivity contribution in [1.29, 1.82) is 0 Å². The third-order valence-electron chi connectivity index (χ3n) is 4.64. The highest BCUT2D eigenvalue weighted by atomic mass is 127. The summed E-state index contributed by atoms with van der Waals surface area (Å²) in [5.74, 6) is 1.02. The number of guanidine groups is 1. The summed E-state index contributed by atoms with van der Waals surface area (Å²) in [5.41, 5.74) is 0. The molecule has 1 saturated carbocycles. The zero-order valence-corrected chi connectivity index (χ0v) is 16.1. The molecule has 21 heavy (non-hydrogen) atoms. The second-order valence-electron chi connectivity index (χ2n) is 6.27. The fourth-order valence-electron chi connectivity index (χ4n) is 3.36. The van der Waals surface area contributed by atoms with Gasteiger partial charge in [-0.3, -0.25) is 9.89 Å². The van der Waals surface area contributed by atoms with E-state index in [1.165, 1.54) is 51.5 Å². The third kappa shape index (κ3) is 6.72. The topological polar surface area (TPSA) is 39.7 Å². The third-order valence-corrected chi connectivity index (χ3v) is 4.64. The van der Waals surface area contributed by atoms with Gasteiger partial charge in [0.05, 0.1) is 6.54 Å². The lowest BCUT2D eigenvalue weighted by molar-refractivity contribution is 0.166. The maximum Gasteiger partial charge on any atom is 0.191 e. The van der Waals surface area contributed by atoms with E-state index in [-0.39, 0.29) is 24.0 Å². The number of rotatable bonds is 5. The molecule has 0 aromatic heterocycles. The van der Waals surface area contributed by atoms with Crippen molar-refractivity contribution in [3.8, 4) is 0 Å². The summed E-state index contributed by atoms with van der Waals surface area (Å²) in [6.07, 6.45) is 9.43. The van der Waals surface area contributed by atoms with Crippen molar-refractivity contribution < 1.29 is 0 Å². The molecule has 124 valence electrons. The summed E-state index contributed by atoms with van der Waals surface area (Å²) in [5, 5.41) is 6.97. The van der Waals surface area contributed by atoms with E-state index in [0.29, 0.717) is 6.04 Å². The number of piperidine rings is 1. The molecule has 0 bridgehead atoms. The van der Waals surface area contributed by atoms with Crippen LogP contribution in [0.3, 0.4) is 0 Å². The summed E-state index contributed by atoms with van der Waals surface area (Å²) < 4.78 is 0. The first kappa shape index (κ1) is 19.0. The van der Waals surface area contributed by atoms with E-state index in [1.54, 1.807) is 0 Å². The molecule has 5 heteroatoms. The van der Waals surface area contributed by atoms with Crippen LogP contribution in [-0.4, -0.2) is 49.1 Å². The van der Waals surface area contributed by atoms with Gasteiger partial charge in [0.25, 0.3) is 0 Å². The molecule has 0 spiro atoms. The Balaban J connectivity index is 0.00000220. The molecule has 2 aliphatic rings. The zero-order chi connectivity index (χ0) is 14.2. The van der Waals surface area contributed by atoms with Gasteiger partial charge in [0.2, 0.25) is 0 Å². The van der Waals surface area contributed by atoms with Gasteiger partial charge in [0.1, 0.15) is 0 Å². The Morgan fingerprint density at radius 1 is 1.14 bits per heavy atom. The fourth-order valence-corrected chi connectivity index (χ4v) is 3.36. The van der Waals surface area contributed by atoms with Gasteiger partial charge in [-0.25, -0.2) is 0 Å². The molecule has 2 fully saturated rings.